The summed E-state index contributed by atoms with van der Waals surface area (Å²) in [5, 5.41) is 4.61. The molecule has 0 atom stereocenters. The molecule has 6 nitrogen and oxygen atoms in total. The van der Waals surface area contributed by atoms with E-state index in [0.29, 0.717) is 17.1 Å². The highest BCUT2D eigenvalue weighted by molar-refractivity contribution is 7.13. The number of anilines is 2. The molecule has 3 aromatic rings. The lowest BCUT2D eigenvalue weighted by atomic mass is 10.2. The first-order valence-electron chi connectivity index (χ1n) is 7.88. The van der Waals surface area contributed by atoms with Gasteiger partial charge >= 0.3 is 0 Å². The van der Waals surface area contributed by atoms with Crippen molar-refractivity contribution in [3.63, 3.8) is 0 Å². The van der Waals surface area contributed by atoms with Gasteiger partial charge in [-0.1, -0.05) is 12.1 Å². The van der Waals surface area contributed by atoms with Crippen molar-refractivity contribution in [2.24, 2.45) is 0 Å². The zero-order valence-corrected chi connectivity index (χ0v) is 15.1. The molecule has 0 unspecified atom stereocenters. The van der Waals surface area contributed by atoms with Crippen LogP contribution in [0.2, 0.25) is 0 Å². The molecule has 26 heavy (non-hydrogen) atoms. The van der Waals surface area contributed by atoms with Crippen LogP contribution in [0.5, 0.6) is 0 Å². The minimum absolute atomic E-state index is 0.0237. The Kier molecular flexibility index (Phi) is 4.99. The SMILES string of the molecule is CC(=O)N(C)c1cccc(NC(=O)c2ccc(-c3cccs3)[nH]c2=O)c1. The van der Waals surface area contributed by atoms with E-state index < -0.39 is 11.5 Å². The number of hydrogen-bond acceptors (Lipinski definition) is 4. The number of H-pyrrole nitrogens is 1. The smallest absolute Gasteiger partial charge is 0.261 e. The predicted molar refractivity (Wildman–Crippen MR) is 104 cm³/mol. The van der Waals surface area contributed by atoms with E-state index in [-0.39, 0.29) is 11.5 Å². The van der Waals surface area contributed by atoms with Crippen molar-refractivity contribution in [3.8, 4) is 10.6 Å². The minimum atomic E-state index is -0.508. The second kappa shape index (κ2) is 7.37. The summed E-state index contributed by atoms with van der Waals surface area (Å²) in [5.74, 6) is -0.624. The molecular weight excluding hydrogens is 350 g/mol. The van der Waals surface area contributed by atoms with Crippen molar-refractivity contribution in [2.45, 2.75) is 6.92 Å². The van der Waals surface area contributed by atoms with Gasteiger partial charge in [0.15, 0.2) is 0 Å². The first kappa shape index (κ1) is 17.6. The lowest BCUT2D eigenvalue weighted by Crippen LogP contribution is -2.24. The molecule has 3 rings (SSSR count). The molecule has 7 heteroatoms. The molecule has 0 aliphatic carbocycles. The molecule has 0 fully saturated rings. The molecule has 2 N–H and O–H groups in total. The third-order valence-electron chi connectivity index (χ3n) is 3.90. The van der Waals surface area contributed by atoms with E-state index in [1.165, 1.54) is 29.2 Å². The average molecular weight is 367 g/mol. The quantitative estimate of drug-likeness (QED) is 0.742. The topological polar surface area (TPSA) is 82.3 Å². The Bertz CT molecular complexity index is 1010. The van der Waals surface area contributed by atoms with Gasteiger partial charge in [-0.05, 0) is 41.8 Å². The number of pyridine rings is 1. The van der Waals surface area contributed by atoms with Crippen LogP contribution in [-0.2, 0) is 4.79 Å². The fourth-order valence-corrected chi connectivity index (χ4v) is 3.11. The molecule has 2 heterocycles. The average Bonchev–Trinajstić information content (AvgIpc) is 3.15. The van der Waals surface area contributed by atoms with E-state index >= 15 is 0 Å². The van der Waals surface area contributed by atoms with Gasteiger partial charge in [0.05, 0.1) is 10.6 Å². The number of nitrogens with zero attached hydrogens (tertiary/aromatic N) is 1. The summed E-state index contributed by atoms with van der Waals surface area (Å²) in [6, 6.07) is 13.9. The molecule has 0 spiro atoms. The van der Waals surface area contributed by atoms with E-state index in [1.807, 2.05) is 17.5 Å². The Morgan fingerprint density at radius 3 is 2.58 bits per heavy atom. The van der Waals surface area contributed by atoms with Gasteiger partial charge < -0.3 is 15.2 Å². The molecule has 2 amide bonds. The molecule has 0 saturated heterocycles. The zero-order chi connectivity index (χ0) is 18.7. The number of nitrogens with one attached hydrogen (secondary N) is 2. The lowest BCUT2D eigenvalue weighted by molar-refractivity contribution is -0.116. The highest BCUT2D eigenvalue weighted by atomic mass is 32.1. The van der Waals surface area contributed by atoms with E-state index in [9.17, 15) is 14.4 Å². The summed E-state index contributed by atoms with van der Waals surface area (Å²) in [7, 11) is 1.65. The summed E-state index contributed by atoms with van der Waals surface area (Å²) in [6.07, 6.45) is 0. The molecule has 0 saturated carbocycles. The molecule has 0 aliphatic rings. The Morgan fingerprint density at radius 2 is 1.92 bits per heavy atom. The molecule has 0 radical (unpaired) electrons. The van der Waals surface area contributed by atoms with E-state index in [2.05, 4.69) is 10.3 Å². The number of amides is 2. The summed E-state index contributed by atoms with van der Waals surface area (Å²) in [6.45, 7) is 1.46. The fraction of sp³-hybridized carbons (Fsp3) is 0.105. The van der Waals surface area contributed by atoms with Crippen LogP contribution in [0.3, 0.4) is 0 Å². The molecule has 0 bridgehead atoms. The molecule has 0 aliphatic heterocycles. The van der Waals surface area contributed by atoms with Gasteiger partial charge in [0.2, 0.25) is 5.91 Å². The Balaban J connectivity index is 1.81. The van der Waals surface area contributed by atoms with Gasteiger partial charge in [0.1, 0.15) is 5.56 Å². The van der Waals surface area contributed by atoms with Gasteiger partial charge in [0, 0.05) is 25.3 Å². The van der Waals surface area contributed by atoms with Crippen molar-refractivity contribution < 1.29 is 9.59 Å². The first-order chi connectivity index (χ1) is 12.5. The number of thiophene rings is 1. The van der Waals surface area contributed by atoms with Crippen LogP contribution in [0.15, 0.2) is 58.7 Å². The van der Waals surface area contributed by atoms with Gasteiger partial charge in [-0.3, -0.25) is 14.4 Å². The minimum Gasteiger partial charge on any atom is -0.322 e. The zero-order valence-electron chi connectivity index (χ0n) is 14.3. The van der Waals surface area contributed by atoms with Crippen LogP contribution >= 0.6 is 11.3 Å². The van der Waals surface area contributed by atoms with Gasteiger partial charge in [-0.2, -0.15) is 0 Å². The van der Waals surface area contributed by atoms with Crippen LogP contribution < -0.4 is 15.8 Å². The fourth-order valence-electron chi connectivity index (χ4n) is 2.40. The number of carbonyl (C=O) groups is 2. The van der Waals surface area contributed by atoms with Crippen LogP contribution in [0.25, 0.3) is 10.6 Å². The number of benzene rings is 1. The van der Waals surface area contributed by atoms with Crippen molar-refractivity contribution in [2.75, 3.05) is 17.3 Å². The monoisotopic (exact) mass is 367 g/mol. The Hall–Kier alpha value is -3.19. The highest BCUT2D eigenvalue weighted by Gasteiger charge is 2.13. The Morgan fingerprint density at radius 1 is 1.12 bits per heavy atom. The predicted octanol–water partition coefficient (Wildman–Crippen LogP) is 3.34. The molecule has 132 valence electrons. The second-order valence-corrected chi connectivity index (χ2v) is 6.62. The maximum atomic E-state index is 12.4. The number of rotatable bonds is 4. The highest BCUT2D eigenvalue weighted by Crippen LogP contribution is 2.22. The number of hydrogen-bond donors (Lipinski definition) is 2. The second-order valence-electron chi connectivity index (χ2n) is 5.67. The maximum absolute atomic E-state index is 12.4. The van der Waals surface area contributed by atoms with Gasteiger partial charge in [0.25, 0.3) is 11.5 Å². The van der Waals surface area contributed by atoms with Crippen molar-refractivity contribution >= 4 is 34.5 Å². The normalized spacial score (nSPS) is 10.4. The van der Waals surface area contributed by atoms with Crippen molar-refractivity contribution in [1.29, 1.82) is 0 Å². The van der Waals surface area contributed by atoms with Crippen LogP contribution in [-0.4, -0.2) is 23.8 Å². The molecule has 2 aromatic heterocycles. The van der Waals surface area contributed by atoms with Gasteiger partial charge in [-0.25, -0.2) is 0 Å². The lowest BCUT2D eigenvalue weighted by Gasteiger charge is -2.16. The van der Waals surface area contributed by atoms with Crippen LogP contribution in [0, 0.1) is 0 Å². The van der Waals surface area contributed by atoms with E-state index in [4.69, 9.17) is 0 Å². The van der Waals surface area contributed by atoms with Crippen molar-refractivity contribution in [3.05, 3.63) is 69.8 Å². The standard InChI is InChI=1S/C19H17N3O3S/c1-12(23)22(2)14-6-3-5-13(11-14)20-18(24)15-8-9-16(21-19(15)25)17-7-4-10-26-17/h3-11H,1-2H3,(H,20,24)(H,21,25). The maximum Gasteiger partial charge on any atom is 0.261 e. The third kappa shape index (κ3) is 3.73. The third-order valence-corrected chi connectivity index (χ3v) is 4.81. The van der Waals surface area contributed by atoms with Crippen LogP contribution in [0.1, 0.15) is 17.3 Å². The summed E-state index contributed by atoms with van der Waals surface area (Å²) in [4.78, 5) is 41.3. The van der Waals surface area contributed by atoms with Gasteiger partial charge in [-0.15, -0.1) is 11.3 Å². The molecular formula is C19H17N3O3S. The molecule has 1 aromatic carbocycles. The largest absolute Gasteiger partial charge is 0.322 e. The van der Waals surface area contributed by atoms with E-state index in [1.54, 1.807) is 37.4 Å². The van der Waals surface area contributed by atoms with E-state index in [0.717, 1.165) is 4.88 Å². The number of aromatic amines is 1. The number of aromatic nitrogens is 1. The number of carbonyl (C=O) groups excluding carboxylic acids is 2. The first-order valence-corrected chi connectivity index (χ1v) is 8.76. The van der Waals surface area contributed by atoms with Crippen molar-refractivity contribution in [1.82, 2.24) is 4.98 Å². The summed E-state index contributed by atoms with van der Waals surface area (Å²) >= 11 is 1.51. The Labute approximate surface area is 154 Å². The summed E-state index contributed by atoms with van der Waals surface area (Å²) in [5.41, 5.74) is 1.40. The summed E-state index contributed by atoms with van der Waals surface area (Å²) < 4.78 is 0. The van der Waals surface area contributed by atoms with Crippen LogP contribution in [0.4, 0.5) is 11.4 Å².